The Balaban J connectivity index is 2.12. The summed E-state index contributed by atoms with van der Waals surface area (Å²) in [5.41, 5.74) is 0.974. The fourth-order valence-corrected chi connectivity index (χ4v) is 3.48. The topological polar surface area (TPSA) is 42.0 Å². The molecule has 2 rings (SSSR count). The van der Waals surface area contributed by atoms with Crippen LogP contribution in [-0.2, 0) is 4.79 Å². The van der Waals surface area contributed by atoms with Crippen LogP contribution < -0.4 is 5.32 Å². The third kappa shape index (κ3) is 3.52. The van der Waals surface area contributed by atoms with E-state index in [0.717, 1.165) is 15.4 Å². The van der Waals surface area contributed by atoms with E-state index in [-0.39, 0.29) is 5.91 Å². The Labute approximate surface area is 121 Å². The minimum Gasteiger partial charge on any atom is -0.302 e. The normalized spacial score (nSPS) is 10.4. The van der Waals surface area contributed by atoms with E-state index in [4.69, 9.17) is 0 Å². The van der Waals surface area contributed by atoms with Crippen LogP contribution in [0.25, 0.3) is 10.6 Å². The molecule has 0 bridgehead atoms. The van der Waals surface area contributed by atoms with Crippen molar-refractivity contribution in [1.29, 1.82) is 0 Å². The Kier molecular flexibility index (Phi) is 4.50. The lowest BCUT2D eigenvalue weighted by molar-refractivity contribution is -0.116. The average molecular weight is 292 g/mol. The Bertz CT molecular complexity index is 598. The fraction of sp³-hybridized carbons (Fsp3) is 0.286. The van der Waals surface area contributed by atoms with Crippen LogP contribution in [0.4, 0.5) is 5.13 Å². The first-order valence-corrected chi connectivity index (χ1v) is 7.68. The molecular formula is C14H16N2OS2. The van der Waals surface area contributed by atoms with Gasteiger partial charge in [-0.25, -0.2) is 4.98 Å². The van der Waals surface area contributed by atoms with E-state index in [1.807, 2.05) is 6.92 Å². The van der Waals surface area contributed by atoms with E-state index in [0.29, 0.717) is 18.0 Å². The molecule has 0 aromatic carbocycles. The van der Waals surface area contributed by atoms with Crippen molar-refractivity contribution in [3.8, 4) is 10.6 Å². The van der Waals surface area contributed by atoms with Gasteiger partial charge in [0.2, 0.25) is 5.91 Å². The summed E-state index contributed by atoms with van der Waals surface area (Å²) in [6.45, 7) is 7.71. The number of hydrogen-bond acceptors (Lipinski definition) is 4. The predicted molar refractivity (Wildman–Crippen MR) is 83.0 cm³/mol. The minimum atomic E-state index is -0.0115. The molecule has 2 aromatic heterocycles. The highest BCUT2D eigenvalue weighted by molar-refractivity contribution is 7.18. The Morgan fingerprint density at radius 3 is 2.84 bits per heavy atom. The van der Waals surface area contributed by atoms with E-state index >= 15 is 0 Å². The number of aromatic nitrogens is 1. The van der Waals surface area contributed by atoms with Crippen LogP contribution in [0.2, 0.25) is 0 Å². The maximum Gasteiger partial charge on any atom is 0.226 e. The van der Waals surface area contributed by atoms with Gasteiger partial charge in [0.25, 0.3) is 0 Å². The molecule has 2 aromatic rings. The predicted octanol–water partition coefficient (Wildman–Crippen LogP) is 4.39. The number of thiophene rings is 1. The van der Waals surface area contributed by atoms with Crippen LogP contribution in [0.5, 0.6) is 0 Å². The number of rotatable bonds is 5. The number of carbonyl (C=O) groups excluding carboxylic acids is 1. The molecule has 1 amide bonds. The van der Waals surface area contributed by atoms with Crippen LogP contribution in [0.1, 0.15) is 22.6 Å². The molecule has 0 fully saturated rings. The molecule has 0 radical (unpaired) electrons. The second-order valence-corrected chi connectivity index (χ2v) is 6.70. The lowest BCUT2D eigenvalue weighted by Crippen LogP contribution is -2.10. The average Bonchev–Trinajstić information content (AvgIpc) is 2.93. The lowest BCUT2D eigenvalue weighted by Gasteiger charge is -1.98. The molecule has 3 nitrogen and oxygen atoms in total. The van der Waals surface area contributed by atoms with Gasteiger partial charge in [-0.1, -0.05) is 6.08 Å². The van der Waals surface area contributed by atoms with E-state index < -0.39 is 0 Å². The lowest BCUT2D eigenvalue weighted by atomic mass is 10.3. The summed E-state index contributed by atoms with van der Waals surface area (Å²) >= 11 is 3.24. The molecule has 0 saturated heterocycles. The standard InChI is InChI=1S/C14H16N2OS2/c1-4-5-6-12(17)15-14-16-13(10(3)19-14)11-8-7-9(2)18-11/h4,7-8H,1,5-6H2,2-3H3,(H,15,16,17). The quantitative estimate of drug-likeness (QED) is 0.830. The molecule has 2 heterocycles. The number of anilines is 1. The largest absolute Gasteiger partial charge is 0.302 e. The summed E-state index contributed by atoms with van der Waals surface area (Å²) in [4.78, 5) is 19.7. The second kappa shape index (κ2) is 6.12. The summed E-state index contributed by atoms with van der Waals surface area (Å²) < 4.78 is 0. The monoisotopic (exact) mass is 292 g/mol. The van der Waals surface area contributed by atoms with Gasteiger partial charge in [-0.2, -0.15) is 0 Å². The molecule has 0 aliphatic rings. The molecule has 100 valence electrons. The molecule has 0 aliphatic carbocycles. The maximum atomic E-state index is 11.6. The van der Waals surface area contributed by atoms with Gasteiger partial charge in [-0.05, 0) is 32.4 Å². The highest BCUT2D eigenvalue weighted by Gasteiger charge is 2.12. The highest BCUT2D eigenvalue weighted by atomic mass is 32.1. The minimum absolute atomic E-state index is 0.0115. The molecule has 1 N–H and O–H groups in total. The van der Waals surface area contributed by atoms with Gasteiger partial charge >= 0.3 is 0 Å². The third-order valence-electron chi connectivity index (χ3n) is 2.59. The van der Waals surface area contributed by atoms with E-state index in [1.54, 1.807) is 17.4 Å². The number of nitrogens with one attached hydrogen (secondary N) is 1. The summed E-state index contributed by atoms with van der Waals surface area (Å²) in [5.74, 6) is -0.0115. The Hall–Kier alpha value is -1.46. The summed E-state index contributed by atoms with van der Waals surface area (Å²) in [6, 6.07) is 4.16. The molecule has 5 heteroatoms. The second-order valence-electron chi connectivity index (χ2n) is 4.21. The molecule has 0 spiro atoms. The summed E-state index contributed by atoms with van der Waals surface area (Å²) in [6.07, 6.45) is 2.88. The van der Waals surface area contributed by atoms with Crippen molar-refractivity contribution in [2.75, 3.05) is 5.32 Å². The third-order valence-corrected chi connectivity index (χ3v) is 4.49. The van der Waals surface area contributed by atoms with Gasteiger partial charge in [0.15, 0.2) is 5.13 Å². The van der Waals surface area contributed by atoms with Gasteiger partial charge in [0.1, 0.15) is 0 Å². The van der Waals surface area contributed by atoms with Crippen molar-refractivity contribution in [3.05, 3.63) is 34.5 Å². The highest BCUT2D eigenvalue weighted by Crippen LogP contribution is 2.34. The van der Waals surface area contributed by atoms with Crippen LogP contribution >= 0.6 is 22.7 Å². The van der Waals surface area contributed by atoms with Crippen molar-refractivity contribution in [2.45, 2.75) is 26.7 Å². The number of amides is 1. The summed E-state index contributed by atoms with van der Waals surface area (Å²) in [5, 5.41) is 3.51. The molecule has 0 unspecified atom stereocenters. The first kappa shape index (κ1) is 14.0. The van der Waals surface area contributed by atoms with E-state index in [2.05, 4.69) is 35.9 Å². The number of aryl methyl sites for hydroxylation is 2. The zero-order valence-corrected chi connectivity index (χ0v) is 12.7. The SMILES string of the molecule is C=CCCC(=O)Nc1nc(-c2ccc(C)s2)c(C)s1. The van der Waals surface area contributed by atoms with Crippen LogP contribution in [-0.4, -0.2) is 10.9 Å². The van der Waals surface area contributed by atoms with Gasteiger partial charge < -0.3 is 5.32 Å². The fourth-order valence-electron chi connectivity index (χ4n) is 1.66. The zero-order valence-electron chi connectivity index (χ0n) is 11.0. The van der Waals surface area contributed by atoms with Crippen LogP contribution in [0, 0.1) is 13.8 Å². The molecule has 0 atom stereocenters. The first-order chi connectivity index (χ1) is 9.10. The first-order valence-electron chi connectivity index (χ1n) is 6.05. The van der Waals surface area contributed by atoms with Crippen molar-refractivity contribution in [3.63, 3.8) is 0 Å². The van der Waals surface area contributed by atoms with Crippen LogP contribution in [0.15, 0.2) is 24.8 Å². The van der Waals surface area contributed by atoms with Crippen LogP contribution in [0.3, 0.4) is 0 Å². The molecule has 19 heavy (non-hydrogen) atoms. The zero-order chi connectivity index (χ0) is 13.8. The molecule has 0 aliphatic heterocycles. The molecule has 0 saturated carbocycles. The van der Waals surface area contributed by atoms with Gasteiger partial charge in [-0.15, -0.1) is 29.3 Å². The van der Waals surface area contributed by atoms with Crippen molar-refractivity contribution < 1.29 is 4.79 Å². The smallest absolute Gasteiger partial charge is 0.226 e. The Morgan fingerprint density at radius 1 is 1.42 bits per heavy atom. The number of carbonyl (C=O) groups is 1. The van der Waals surface area contributed by atoms with E-state index in [9.17, 15) is 4.79 Å². The molecular weight excluding hydrogens is 276 g/mol. The number of thiazole rings is 1. The van der Waals surface area contributed by atoms with Gasteiger partial charge in [0.05, 0.1) is 10.6 Å². The van der Waals surface area contributed by atoms with Gasteiger partial charge in [0, 0.05) is 16.2 Å². The summed E-state index contributed by atoms with van der Waals surface area (Å²) in [7, 11) is 0. The number of nitrogens with zero attached hydrogens (tertiary/aromatic N) is 1. The number of allylic oxidation sites excluding steroid dienone is 1. The van der Waals surface area contributed by atoms with Crippen molar-refractivity contribution in [1.82, 2.24) is 4.98 Å². The Morgan fingerprint density at radius 2 is 2.21 bits per heavy atom. The van der Waals surface area contributed by atoms with Crippen molar-refractivity contribution >= 4 is 33.7 Å². The van der Waals surface area contributed by atoms with Crippen molar-refractivity contribution in [2.24, 2.45) is 0 Å². The maximum absolute atomic E-state index is 11.6. The van der Waals surface area contributed by atoms with Gasteiger partial charge in [-0.3, -0.25) is 4.79 Å². The van der Waals surface area contributed by atoms with E-state index in [1.165, 1.54) is 16.2 Å². The number of hydrogen-bond donors (Lipinski definition) is 1.